The van der Waals surface area contributed by atoms with Crippen LogP contribution in [0.4, 0.5) is 5.69 Å². The van der Waals surface area contributed by atoms with E-state index in [2.05, 4.69) is 31.3 Å². The fourth-order valence-corrected chi connectivity index (χ4v) is 1.83. The number of fused-ring (bicyclic) bond motifs is 1. The molecule has 1 aromatic rings. The summed E-state index contributed by atoms with van der Waals surface area (Å²) in [5, 5.41) is 3.43. The fourth-order valence-electron chi connectivity index (χ4n) is 1.83. The molecule has 0 saturated heterocycles. The summed E-state index contributed by atoms with van der Waals surface area (Å²) in [6, 6.07) is 4.32. The van der Waals surface area contributed by atoms with Crippen molar-refractivity contribution in [2.45, 2.75) is 39.0 Å². The molecule has 0 fully saturated rings. The van der Waals surface area contributed by atoms with E-state index in [1.807, 2.05) is 0 Å². The van der Waals surface area contributed by atoms with Crippen molar-refractivity contribution >= 4 is 5.69 Å². The summed E-state index contributed by atoms with van der Waals surface area (Å²) in [6.45, 7) is 5.48. The van der Waals surface area contributed by atoms with Crippen LogP contribution in [-0.2, 0) is 6.42 Å². The fraction of sp³-hybridized carbons (Fsp3) is 0.583. The molecule has 0 saturated carbocycles. The predicted molar refractivity (Wildman–Crippen MR) is 59.8 cm³/mol. The van der Waals surface area contributed by atoms with Crippen molar-refractivity contribution in [2.75, 3.05) is 11.9 Å². The van der Waals surface area contributed by atoms with Crippen molar-refractivity contribution in [1.82, 2.24) is 4.98 Å². The number of pyridine rings is 1. The summed E-state index contributed by atoms with van der Waals surface area (Å²) in [4.78, 5) is 4.71. The molecule has 2 rings (SSSR count). The van der Waals surface area contributed by atoms with Crippen LogP contribution in [0.1, 0.15) is 44.0 Å². The minimum absolute atomic E-state index is 0.531. The maximum absolute atomic E-state index is 4.71. The van der Waals surface area contributed by atoms with Gasteiger partial charge in [0.05, 0.1) is 11.4 Å². The number of aromatic nitrogens is 1. The lowest BCUT2D eigenvalue weighted by Crippen LogP contribution is -2.02. The lowest BCUT2D eigenvalue weighted by Gasteiger charge is -2.10. The highest BCUT2D eigenvalue weighted by Gasteiger charge is 2.10. The van der Waals surface area contributed by atoms with Gasteiger partial charge in [0.2, 0.25) is 0 Å². The molecule has 0 spiro atoms. The summed E-state index contributed by atoms with van der Waals surface area (Å²) in [6.07, 6.45) is 3.64. The summed E-state index contributed by atoms with van der Waals surface area (Å²) in [5.41, 5.74) is 3.72. The van der Waals surface area contributed by atoms with Crippen molar-refractivity contribution in [1.29, 1.82) is 0 Å². The third-order valence-corrected chi connectivity index (χ3v) is 2.74. The minimum Gasteiger partial charge on any atom is -0.384 e. The molecule has 14 heavy (non-hydrogen) atoms. The molecule has 0 aromatic carbocycles. The van der Waals surface area contributed by atoms with Crippen molar-refractivity contribution < 1.29 is 0 Å². The molecular formula is C12H18N2. The third kappa shape index (κ3) is 1.89. The van der Waals surface area contributed by atoms with Crippen LogP contribution < -0.4 is 5.32 Å². The van der Waals surface area contributed by atoms with Gasteiger partial charge in [0, 0.05) is 12.2 Å². The molecule has 2 nitrogen and oxygen atoms in total. The molecule has 0 bridgehead atoms. The van der Waals surface area contributed by atoms with Crippen molar-refractivity contribution in [3.05, 3.63) is 23.5 Å². The third-order valence-electron chi connectivity index (χ3n) is 2.74. The van der Waals surface area contributed by atoms with Gasteiger partial charge in [-0.15, -0.1) is 0 Å². The van der Waals surface area contributed by atoms with Crippen molar-refractivity contribution in [3.63, 3.8) is 0 Å². The minimum atomic E-state index is 0.531. The zero-order valence-electron chi connectivity index (χ0n) is 9.01. The number of hydrogen-bond donors (Lipinski definition) is 1. The Morgan fingerprint density at radius 1 is 1.29 bits per heavy atom. The highest BCUT2D eigenvalue weighted by Crippen LogP contribution is 2.22. The highest BCUT2D eigenvalue weighted by molar-refractivity contribution is 5.49. The SMILES string of the molecule is CC(C)c1ccc2c(n1)CCCCN2. The normalized spacial score (nSPS) is 15.9. The van der Waals surface area contributed by atoms with Gasteiger partial charge in [-0.2, -0.15) is 0 Å². The Morgan fingerprint density at radius 2 is 2.14 bits per heavy atom. The van der Waals surface area contributed by atoms with Crippen LogP contribution in [0.2, 0.25) is 0 Å². The zero-order valence-corrected chi connectivity index (χ0v) is 9.01. The van der Waals surface area contributed by atoms with E-state index >= 15 is 0 Å². The topological polar surface area (TPSA) is 24.9 Å². The van der Waals surface area contributed by atoms with Crippen LogP contribution in [0.15, 0.2) is 12.1 Å². The second-order valence-corrected chi connectivity index (χ2v) is 4.27. The van der Waals surface area contributed by atoms with E-state index in [-0.39, 0.29) is 0 Å². The summed E-state index contributed by atoms with van der Waals surface area (Å²) < 4.78 is 0. The molecule has 2 heterocycles. The van der Waals surface area contributed by atoms with E-state index in [9.17, 15) is 0 Å². The molecule has 0 atom stereocenters. The van der Waals surface area contributed by atoms with E-state index in [1.165, 1.54) is 29.9 Å². The quantitative estimate of drug-likeness (QED) is 0.736. The van der Waals surface area contributed by atoms with Gasteiger partial charge in [-0.1, -0.05) is 13.8 Å². The molecule has 2 heteroatoms. The monoisotopic (exact) mass is 190 g/mol. The summed E-state index contributed by atoms with van der Waals surface area (Å²) in [5.74, 6) is 0.531. The van der Waals surface area contributed by atoms with Crippen LogP contribution in [0.25, 0.3) is 0 Å². The molecule has 1 aromatic heterocycles. The van der Waals surface area contributed by atoms with Crippen LogP contribution in [0, 0.1) is 0 Å². The Bertz CT molecular complexity index is 318. The number of aryl methyl sites for hydroxylation is 1. The number of anilines is 1. The van der Waals surface area contributed by atoms with Gasteiger partial charge in [0.25, 0.3) is 0 Å². The average Bonchev–Trinajstić information content (AvgIpc) is 2.41. The first-order valence-electron chi connectivity index (χ1n) is 5.51. The highest BCUT2D eigenvalue weighted by atomic mass is 14.9. The number of hydrogen-bond acceptors (Lipinski definition) is 2. The molecule has 0 radical (unpaired) electrons. The van der Waals surface area contributed by atoms with Gasteiger partial charge in [-0.05, 0) is 37.3 Å². The Morgan fingerprint density at radius 3 is 2.93 bits per heavy atom. The van der Waals surface area contributed by atoms with Gasteiger partial charge < -0.3 is 5.32 Å². The molecule has 1 N–H and O–H groups in total. The van der Waals surface area contributed by atoms with Crippen LogP contribution in [0.3, 0.4) is 0 Å². The zero-order chi connectivity index (χ0) is 9.97. The number of nitrogens with one attached hydrogen (secondary N) is 1. The smallest absolute Gasteiger partial charge is 0.0638 e. The lowest BCUT2D eigenvalue weighted by molar-refractivity contribution is 0.757. The molecule has 1 aliphatic rings. The molecular weight excluding hydrogens is 172 g/mol. The summed E-state index contributed by atoms with van der Waals surface area (Å²) >= 11 is 0. The van der Waals surface area contributed by atoms with E-state index in [0.717, 1.165) is 13.0 Å². The van der Waals surface area contributed by atoms with Crippen LogP contribution >= 0.6 is 0 Å². The van der Waals surface area contributed by atoms with E-state index in [4.69, 9.17) is 4.98 Å². The second kappa shape index (κ2) is 3.99. The first-order chi connectivity index (χ1) is 6.77. The standard InChI is InChI=1S/C12H18N2/c1-9(2)10-6-7-11-12(14-10)5-3-4-8-13-11/h6-7,9,13H,3-5,8H2,1-2H3. The predicted octanol–water partition coefficient (Wildman–Crippen LogP) is 2.95. The Balaban J connectivity index is 2.32. The van der Waals surface area contributed by atoms with Gasteiger partial charge in [0.1, 0.15) is 0 Å². The van der Waals surface area contributed by atoms with Gasteiger partial charge in [-0.3, -0.25) is 4.98 Å². The van der Waals surface area contributed by atoms with Gasteiger partial charge in [0.15, 0.2) is 0 Å². The maximum Gasteiger partial charge on any atom is 0.0638 e. The van der Waals surface area contributed by atoms with Crippen molar-refractivity contribution in [2.24, 2.45) is 0 Å². The Labute approximate surface area is 85.7 Å². The first-order valence-corrected chi connectivity index (χ1v) is 5.51. The van der Waals surface area contributed by atoms with Gasteiger partial charge in [-0.25, -0.2) is 0 Å². The van der Waals surface area contributed by atoms with Crippen molar-refractivity contribution in [3.8, 4) is 0 Å². The Hall–Kier alpha value is -1.05. The number of nitrogens with zero attached hydrogens (tertiary/aromatic N) is 1. The second-order valence-electron chi connectivity index (χ2n) is 4.27. The van der Waals surface area contributed by atoms with Gasteiger partial charge >= 0.3 is 0 Å². The molecule has 0 unspecified atom stereocenters. The number of rotatable bonds is 1. The Kier molecular flexibility index (Phi) is 2.71. The van der Waals surface area contributed by atoms with Crippen LogP contribution in [-0.4, -0.2) is 11.5 Å². The maximum atomic E-state index is 4.71. The van der Waals surface area contributed by atoms with E-state index in [0.29, 0.717) is 5.92 Å². The molecule has 1 aliphatic heterocycles. The lowest BCUT2D eigenvalue weighted by atomic mass is 10.1. The average molecular weight is 190 g/mol. The molecule has 0 amide bonds. The molecule has 0 aliphatic carbocycles. The largest absolute Gasteiger partial charge is 0.384 e. The first kappa shape index (κ1) is 9.50. The van der Waals surface area contributed by atoms with E-state index < -0.39 is 0 Å². The molecule has 76 valence electrons. The van der Waals surface area contributed by atoms with Crippen LogP contribution in [0.5, 0.6) is 0 Å². The summed E-state index contributed by atoms with van der Waals surface area (Å²) in [7, 11) is 0. The van der Waals surface area contributed by atoms with E-state index in [1.54, 1.807) is 0 Å².